The minimum absolute atomic E-state index is 0.177. The van der Waals surface area contributed by atoms with Crippen molar-refractivity contribution in [2.24, 2.45) is 5.73 Å². The minimum atomic E-state index is -1.15. The zero-order valence-electron chi connectivity index (χ0n) is 18.9. The van der Waals surface area contributed by atoms with E-state index in [4.69, 9.17) is 15.2 Å². The van der Waals surface area contributed by atoms with Crippen molar-refractivity contribution in [3.63, 3.8) is 0 Å². The van der Waals surface area contributed by atoms with E-state index in [0.29, 0.717) is 22.0 Å². The lowest BCUT2D eigenvalue weighted by atomic mass is 10.1. The van der Waals surface area contributed by atoms with Crippen molar-refractivity contribution < 1.29 is 23.9 Å². The lowest BCUT2D eigenvalue weighted by Gasteiger charge is -2.13. The van der Waals surface area contributed by atoms with E-state index in [2.05, 4.69) is 10.4 Å². The minimum Gasteiger partial charge on any atom is -0.497 e. The number of hydrogen-bond acceptors (Lipinski definition) is 7. The maximum absolute atomic E-state index is 13.2. The van der Waals surface area contributed by atoms with Crippen LogP contribution >= 0.6 is 11.3 Å². The number of primary amides is 1. The zero-order chi connectivity index (χ0) is 24.9. The van der Waals surface area contributed by atoms with Gasteiger partial charge in [-0.05, 0) is 42.6 Å². The van der Waals surface area contributed by atoms with Gasteiger partial charge in [0.1, 0.15) is 22.0 Å². The number of hydrogen-bond donors (Lipinski definition) is 2. The van der Waals surface area contributed by atoms with Crippen molar-refractivity contribution in [1.29, 1.82) is 0 Å². The van der Waals surface area contributed by atoms with Crippen molar-refractivity contribution in [2.75, 3.05) is 12.4 Å². The number of ether oxygens (including phenoxy) is 2. The van der Waals surface area contributed by atoms with E-state index in [1.807, 2.05) is 30.3 Å². The van der Waals surface area contributed by atoms with Gasteiger partial charge >= 0.3 is 5.97 Å². The lowest BCUT2D eigenvalue weighted by molar-refractivity contribution is -0.123. The summed E-state index contributed by atoms with van der Waals surface area (Å²) >= 11 is 1.14. The number of carbonyl (C=O) groups is 3. The van der Waals surface area contributed by atoms with Gasteiger partial charge in [-0.2, -0.15) is 5.10 Å². The molecular weight excluding hydrogens is 468 g/mol. The highest BCUT2D eigenvalue weighted by atomic mass is 32.1. The van der Waals surface area contributed by atoms with E-state index in [1.165, 1.54) is 13.0 Å². The summed E-state index contributed by atoms with van der Waals surface area (Å²) in [7, 11) is 1.55. The van der Waals surface area contributed by atoms with Gasteiger partial charge in [-0.15, -0.1) is 11.3 Å². The Balaban J connectivity index is 1.61. The van der Waals surface area contributed by atoms with E-state index < -0.39 is 23.9 Å². The topological polar surface area (TPSA) is 126 Å². The number of benzene rings is 2. The summed E-state index contributed by atoms with van der Waals surface area (Å²) < 4.78 is 12.3. The molecule has 9 nitrogen and oxygen atoms in total. The second kappa shape index (κ2) is 10.2. The number of nitrogens with zero attached hydrogens (tertiary/aromatic N) is 2. The van der Waals surface area contributed by atoms with Crippen molar-refractivity contribution in [3.8, 4) is 22.7 Å². The van der Waals surface area contributed by atoms with E-state index in [1.54, 1.807) is 47.6 Å². The lowest BCUT2D eigenvalue weighted by Crippen LogP contribution is -2.30. The smallest absolute Gasteiger partial charge is 0.342 e. The van der Waals surface area contributed by atoms with Crippen LogP contribution in [0, 0.1) is 0 Å². The molecule has 3 N–H and O–H groups in total. The molecular formula is C25H22N4O5S. The summed E-state index contributed by atoms with van der Waals surface area (Å²) in [6.45, 7) is 1.44. The van der Waals surface area contributed by atoms with Crippen LogP contribution in [-0.4, -0.2) is 40.8 Å². The van der Waals surface area contributed by atoms with Crippen LogP contribution in [0.2, 0.25) is 0 Å². The fourth-order valence-electron chi connectivity index (χ4n) is 3.31. The molecule has 178 valence electrons. The number of para-hydroxylation sites is 1. The molecule has 4 aromatic rings. The maximum Gasteiger partial charge on any atom is 0.342 e. The van der Waals surface area contributed by atoms with Gasteiger partial charge in [0.2, 0.25) is 0 Å². The summed E-state index contributed by atoms with van der Waals surface area (Å²) in [6, 6.07) is 17.9. The van der Waals surface area contributed by atoms with Crippen LogP contribution in [0.1, 0.15) is 27.6 Å². The summed E-state index contributed by atoms with van der Waals surface area (Å²) in [4.78, 5) is 37.3. The Morgan fingerprint density at radius 2 is 1.83 bits per heavy atom. The molecule has 1 unspecified atom stereocenters. The molecule has 0 aliphatic heterocycles. The van der Waals surface area contributed by atoms with Crippen LogP contribution in [0.5, 0.6) is 5.75 Å². The average molecular weight is 491 g/mol. The number of esters is 1. The Morgan fingerprint density at radius 3 is 2.54 bits per heavy atom. The fourth-order valence-corrected chi connectivity index (χ4v) is 4.11. The van der Waals surface area contributed by atoms with Gasteiger partial charge in [-0.25, -0.2) is 9.48 Å². The third-order valence-corrected chi connectivity index (χ3v) is 5.95. The van der Waals surface area contributed by atoms with Gasteiger partial charge in [-0.1, -0.05) is 30.3 Å². The third kappa shape index (κ3) is 5.22. The SMILES string of the molecule is COc1cccc(-c2nn(-c3ccccc3)cc2C(=O)OC(C)C(=O)Nc2sccc2C(N)=O)c1. The molecule has 0 radical (unpaired) electrons. The zero-order valence-corrected chi connectivity index (χ0v) is 19.7. The fraction of sp³-hybridized carbons (Fsp3) is 0.120. The van der Waals surface area contributed by atoms with Gasteiger partial charge in [0, 0.05) is 11.8 Å². The second-order valence-corrected chi connectivity index (χ2v) is 8.38. The van der Waals surface area contributed by atoms with Crippen molar-refractivity contribution in [2.45, 2.75) is 13.0 Å². The second-order valence-electron chi connectivity index (χ2n) is 7.47. The predicted octanol–water partition coefficient (Wildman–Crippen LogP) is 3.89. The highest BCUT2D eigenvalue weighted by molar-refractivity contribution is 7.14. The molecule has 2 aromatic heterocycles. The summed E-state index contributed by atoms with van der Waals surface area (Å²) in [6.07, 6.45) is 0.408. The Morgan fingerprint density at radius 1 is 1.06 bits per heavy atom. The third-order valence-electron chi connectivity index (χ3n) is 5.12. The van der Waals surface area contributed by atoms with Crippen molar-refractivity contribution in [3.05, 3.63) is 83.4 Å². The normalized spacial score (nSPS) is 11.5. The quantitative estimate of drug-likeness (QED) is 0.361. The van der Waals surface area contributed by atoms with E-state index in [0.717, 1.165) is 17.0 Å². The number of aromatic nitrogens is 2. The first-order valence-corrected chi connectivity index (χ1v) is 11.4. The van der Waals surface area contributed by atoms with Crippen LogP contribution in [0.4, 0.5) is 5.00 Å². The number of nitrogens with one attached hydrogen (secondary N) is 1. The largest absolute Gasteiger partial charge is 0.497 e. The van der Waals surface area contributed by atoms with Crippen molar-refractivity contribution in [1.82, 2.24) is 9.78 Å². The van der Waals surface area contributed by atoms with Crippen LogP contribution < -0.4 is 15.8 Å². The Kier molecular flexibility index (Phi) is 6.93. The molecule has 2 heterocycles. The molecule has 2 amide bonds. The molecule has 0 aliphatic rings. The van der Waals surface area contributed by atoms with E-state index >= 15 is 0 Å². The Bertz CT molecular complexity index is 1380. The number of nitrogens with two attached hydrogens (primary N) is 1. The number of anilines is 1. The number of methoxy groups -OCH3 is 1. The number of amides is 2. The summed E-state index contributed by atoms with van der Waals surface area (Å²) in [5.74, 6) is -1.39. The molecule has 0 saturated heterocycles. The average Bonchev–Trinajstić information content (AvgIpc) is 3.52. The molecule has 10 heteroatoms. The van der Waals surface area contributed by atoms with Gasteiger partial charge < -0.3 is 20.5 Å². The van der Waals surface area contributed by atoms with Gasteiger partial charge in [0.05, 0.1) is 18.4 Å². The van der Waals surface area contributed by atoms with E-state index in [-0.39, 0.29) is 11.1 Å². The van der Waals surface area contributed by atoms with Gasteiger partial charge in [0.25, 0.3) is 11.8 Å². The van der Waals surface area contributed by atoms with Crippen LogP contribution in [0.25, 0.3) is 16.9 Å². The Hall–Kier alpha value is -4.44. The van der Waals surface area contributed by atoms with Gasteiger partial charge in [0.15, 0.2) is 6.10 Å². The molecule has 4 rings (SSSR count). The first-order valence-electron chi connectivity index (χ1n) is 10.6. The first kappa shape index (κ1) is 23.7. The summed E-state index contributed by atoms with van der Waals surface area (Å²) in [5.41, 5.74) is 7.46. The molecule has 0 aliphatic carbocycles. The number of thiophene rings is 1. The predicted molar refractivity (Wildman–Crippen MR) is 132 cm³/mol. The molecule has 0 spiro atoms. The molecule has 0 fully saturated rings. The first-order chi connectivity index (χ1) is 16.9. The number of carbonyl (C=O) groups excluding carboxylic acids is 3. The maximum atomic E-state index is 13.2. The van der Waals surface area contributed by atoms with Gasteiger partial charge in [-0.3, -0.25) is 9.59 Å². The molecule has 1 atom stereocenters. The van der Waals surface area contributed by atoms with Crippen molar-refractivity contribution >= 4 is 34.1 Å². The molecule has 0 bridgehead atoms. The monoisotopic (exact) mass is 490 g/mol. The summed E-state index contributed by atoms with van der Waals surface area (Å²) in [5, 5.41) is 9.11. The Labute approximate surface area is 205 Å². The highest BCUT2D eigenvalue weighted by Gasteiger charge is 2.25. The highest BCUT2D eigenvalue weighted by Crippen LogP contribution is 2.28. The number of rotatable bonds is 8. The standard InChI is InChI=1S/C25H22N4O5S/c1-15(23(31)27-24-19(22(26)30)11-12-35-24)34-25(32)20-14-29(17-8-4-3-5-9-17)28-21(20)16-7-6-10-18(13-16)33-2/h3-15H,1-2H3,(H2,26,30)(H,27,31). The van der Waals surface area contributed by atoms with E-state index in [9.17, 15) is 14.4 Å². The van der Waals surface area contributed by atoms with Crippen LogP contribution in [-0.2, 0) is 9.53 Å². The van der Waals surface area contributed by atoms with Crippen LogP contribution in [0.3, 0.4) is 0 Å². The molecule has 0 saturated carbocycles. The molecule has 2 aromatic carbocycles. The molecule has 35 heavy (non-hydrogen) atoms. The van der Waals surface area contributed by atoms with Crippen LogP contribution in [0.15, 0.2) is 72.2 Å².